The molecular formula is C12H9Cl2F3N4. The standard InChI is InChI=1S/C12H9Cl2F3N4/c13-7-1-2-9(8(14)5-7)19-10-3-6(12(15,16)17)4-11(20-10)21-18/h1-5H,18H2,(H2,19,20,21). The summed E-state index contributed by atoms with van der Waals surface area (Å²) < 4.78 is 38.4. The van der Waals surface area contributed by atoms with E-state index in [2.05, 4.69) is 15.7 Å². The van der Waals surface area contributed by atoms with Gasteiger partial charge in [-0.3, -0.25) is 0 Å². The highest BCUT2D eigenvalue weighted by molar-refractivity contribution is 6.36. The van der Waals surface area contributed by atoms with Crippen LogP contribution < -0.4 is 16.6 Å². The van der Waals surface area contributed by atoms with Crippen LogP contribution in [0.4, 0.5) is 30.5 Å². The number of anilines is 3. The minimum absolute atomic E-state index is 0.0537. The van der Waals surface area contributed by atoms with Gasteiger partial charge in [0.15, 0.2) is 0 Å². The molecule has 0 saturated carbocycles. The highest BCUT2D eigenvalue weighted by atomic mass is 35.5. The molecule has 0 bridgehead atoms. The first-order chi connectivity index (χ1) is 9.79. The van der Waals surface area contributed by atoms with Gasteiger partial charge in [0.1, 0.15) is 11.6 Å². The Labute approximate surface area is 128 Å². The molecule has 0 aliphatic heterocycles. The summed E-state index contributed by atoms with van der Waals surface area (Å²) in [7, 11) is 0. The van der Waals surface area contributed by atoms with Gasteiger partial charge in [0.2, 0.25) is 0 Å². The maximum Gasteiger partial charge on any atom is 0.416 e. The van der Waals surface area contributed by atoms with Crippen LogP contribution in [0.15, 0.2) is 30.3 Å². The number of hydrazine groups is 1. The second-order valence-corrected chi connectivity index (χ2v) is 4.86. The molecule has 1 aromatic heterocycles. The molecule has 0 saturated heterocycles. The van der Waals surface area contributed by atoms with E-state index in [9.17, 15) is 13.2 Å². The SMILES string of the molecule is NNc1cc(C(F)(F)F)cc(Nc2ccc(Cl)cc2Cl)n1. The third-order valence-electron chi connectivity index (χ3n) is 2.49. The summed E-state index contributed by atoms with van der Waals surface area (Å²) in [5, 5.41) is 3.35. The molecule has 0 atom stereocenters. The zero-order chi connectivity index (χ0) is 15.6. The van der Waals surface area contributed by atoms with Gasteiger partial charge in [-0.15, -0.1) is 0 Å². The molecule has 4 nitrogen and oxygen atoms in total. The van der Waals surface area contributed by atoms with Crippen molar-refractivity contribution in [3.63, 3.8) is 0 Å². The fraction of sp³-hybridized carbons (Fsp3) is 0.0833. The first-order valence-electron chi connectivity index (χ1n) is 5.57. The number of hydrogen-bond acceptors (Lipinski definition) is 4. The smallest absolute Gasteiger partial charge is 0.339 e. The number of halogens is 5. The fourth-order valence-corrected chi connectivity index (χ4v) is 2.02. The van der Waals surface area contributed by atoms with E-state index < -0.39 is 11.7 Å². The van der Waals surface area contributed by atoms with Crippen LogP contribution >= 0.6 is 23.2 Å². The Balaban J connectivity index is 2.39. The lowest BCUT2D eigenvalue weighted by Crippen LogP contribution is -2.13. The molecule has 1 heterocycles. The largest absolute Gasteiger partial charge is 0.416 e. The van der Waals surface area contributed by atoms with E-state index in [1.54, 1.807) is 6.07 Å². The van der Waals surface area contributed by atoms with Gasteiger partial charge in [-0.05, 0) is 30.3 Å². The van der Waals surface area contributed by atoms with Crippen molar-refractivity contribution < 1.29 is 13.2 Å². The molecule has 0 spiro atoms. The zero-order valence-electron chi connectivity index (χ0n) is 10.3. The van der Waals surface area contributed by atoms with Gasteiger partial charge in [0, 0.05) is 5.02 Å². The van der Waals surface area contributed by atoms with E-state index in [0.717, 1.165) is 12.1 Å². The topological polar surface area (TPSA) is 63.0 Å². The second-order valence-electron chi connectivity index (χ2n) is 4.02. The van der Waals surface area contributed by atoms with E-state index in [-0.39, 0.29) is 16.7 Å². The summed E-state index contributed by atoms with van der Waals surface area (Å²) in [4.78, 5) is 3.89. The summed E-state index contributed by atoms with van der Waals surface area (Å²) in [6, 6.07) is 6.19. The number of hydrogen-bond donors (Lipinski definition) is 3. The van der Waals surface area contributed by atoms with E-state index in [1.807, 2.05) is 0 Å². The Kier molecular flexibility index (Phi) is 4.46. The van der Waals surface area contributed by atoms with Gasteiger partial charge in [0.05, 0.1) is 16.3 Å². The molecule has 4 N–H and O–H groups in total. The predicted molar refractivity (Wildman–Crippen MR) is 76.8 cm³/mol. The normalized spacial score (nSPS) is 11.3. The van der Waals surface area contributed by atoms with E-state index in [1.165, 1.54) is 12.1 Å². The van der Waals surface area contributed by atoms with Gasteiger partial charge >= 0.3 is 6.18 Å². The maximum atomic E-state index is 12.8. The van der Waals surface area contributed by atoms with Crippen molar-refractivity contribution in [2.75, 3.05) is 10.7 Å². The lowest BCUT2D eigenvalue weighted by atomic mass is 10.2. The molecule has 2 aromatic rings. The number of nitrogens with one attached hydrogen (secondary N) is 2. The van der Waals surface area contributed by atoms with Crippen LogP contribution in [-0.4, -0.2) is 4.98 Å². The molecule has 21 heavy (non-hydrogen) atoms. The average molecular weight is 337 g/mol. The lowest BCUT2D eigenvalue weighted by molar-refractivity contribution is -0.137. The van der Waals surface area contributed by atoms with Gasteiger partial charge in [-0.25, -0.2) is 10.8 Å². The van der Waals surface area contributed by atoms with Crippen LogP contribution in [0, 0.1) is 0 Å². The Bertz CT molecular complexity index is 661. The van der Waals surface area contributed by atoms with Gasteiger partial charge in [-0.1, -0.05) is 23.2 Å². The van der Waals surface area contributed by atoms with Crippen molar-refractivity contribution in [2.24, 2.45) is 5.84 Å². The molecule has 0 radical (unpaired) electrons. The molecule has 0 aliphatic carbocycles. The van der Waals surface area contributed by atoms with E-state index in [4.69, 9.17) is 29.0 Å². The summed E-state index contributed by atoms with van der Waals surface area (Å²) in [5.74, 6) is 4.94. The van der Waals surface area contributed by atoms with Crippen LogP contribution in [0.5, 0.6) is 0 Å². The molecule has 9 heteroatoms. The Hall–Kier alpha value is -1.70. The number of rotatable bonds is 3. The monoisotopic (exact) mass is 336 g/mol. The Morgan fingerprint density at radius 3 is 2.29 bits per heavy atom. The van der Waals surface area contributed by atoms with Crippen molar-refractivity contribution in [2.45, 2.75) is 6.18 Å². The quantitative estimate of drug-likeness (QED) is 0.572. The van der Waals surface area contributed by atoms with E-state index in [0.29, 0.717) is 10.7 Å². The van der Waals surface area contributed by atoms with Crippen molar-refractivity contribution in [1.82, 2.24) is 4.98 Å². The van der Waals surface area contributed by atoms with Crippen LogP contribution in [-0.2, 0) is 6.18 Å². The highest BCUT2D eigenvalue weighted by Gasteiger charge is 2.31. The molecule has 0 aliphatic rings. The summed E-state index contributed by atoms with van der Waals surface area (Å²) in [6.45, 7) is 0. The third kappa shape index (κ3) is 3.90. The minimum atomic E-state index is -4.52. The van der Waals surface area contributed by atoms with Crippen LogP contribution in [0.2, 0.25) is 10.0 Å². The first-order valence-corrected chi connectivity index (χ1v) is 6.33. The lowest BCUT2D eigenvalue weighted by Gasteiger charge is -2.13. The predicted octanol–water partition coefficient (Wildman–Crippen LogP) is 4.44. The minimum Gasteiger partial charge on any atom is -0.339 e. The molecular weight excluding hydrogens is 328 g/mol. The number of nitrogens with zero attached hydrogens (tertiary/aromatic N) is 1. The molecule has 112 valence electrons. The van der Waals surface area contributed by atoms with Crippen molar-refractivity contribution in [1.29, 1.82) is 0 Å². The number of benzene rings is 1. The van der Waals surface area contributed by atoms with Gasteiger partial charge < -0.3 is 10.7 Å². The van der Waals surface area contributed by atoms with Gasteiger partial charge in [0.25, 0.3) is 0 Å². The van der Waals surface area contributed by atoms with Crippen LogP contribution in [0.25, 0.3) is 0 Å². The van der Waals surface area contributed by atoms with Crippen LogP contribution in [0.3, 0.4) is 0 Å². The van der Waals surface area contributed by atoms with Gasteiger partial charge in [-0.2, -0.15) is 13.2 Å². The summed E-state index contributed by atoms with van der Waals surface area (Å²) >= 11 is 11.7. The number of nitrogen functional groups attached to an aromatic ring is 1. The molecule has 0 amide bonds. The van der Waals surface area contributed by atoms with E-state index >= 15 is 0 Å². The third-order valence-corrected chi connectivity index (χ3v) is 3.04. The molecule has 1 aromatic carbocycles. The number of aromatic nitrogens is 1. The van der Waals surface area contributed by atoms with Crippen molar-refractivity contribution in [3.8, 4) is 0 Å². The molecule has 2 rings (SSSR count). The first kappa shape index (κ1) is 15.7. The number of pyridine rings is 1. The van der Waals surface area contributed by atoms with Crippen molar-refractivity contribution in [3.05, 3.63) is 45.9 Å². The Morgan fingerprint density at radius 1 is 1.05 bits per heavy atom. The Morgan fingerprint density at radius 2 is 1.71 bits per heavy atom. The fourth-order valence-electron chi connectivity index (χ4n) is 1.56. The highest BCUT2D eigenvalue weighted by Crippen LogP contribution is 2.33. The number of nitrogens with two attached hydrogens (primary N) is 1. The molecule has 0 unspecified atom stereocenters. The maximum absolute atomic E-state index is 12.8. The van der Waals surface area contributed by atoms with Crippen molar-refractivity contribution >= 4 is 40.5 Å². The molecule has 0 fully saturated rings. The zero-order valence-corrected chi connectivity index (χ0v) is 11.8. The second kappa shape index (κ2) is 5.97. The summed E-state index contributed by atoms with van der Waals surface area (Å²) in [6.07, 6.45) is -4.52. The average Bonchev–Trinajstić information content (AvgIpc) is 2.40. The van der Waals surface area contributed by atoms with Crippen LogP contribution in [0.1, 0.15) is 5.56 Å². The summed E-state index contributed by atoms with van der Waals surface area (Å²) in [5.41, 5.74) is 1.56. The number of alkyl halides is 3.